The molecule has 0 spiro atoms. The molecule has 3 rings (SSSR count). The van der Waals surface area contributed by atoms with Crippen LogP contribution in [0.5, 0.6) is 5.75 Å². The van der Waals surface area contributed by atoms with E-state index < -0.39 is 0 Å². The average Bonchev–Trinajstić information content (AvgIpc) is 2.95. The van der Waals surface area contributed by atoms with Crippen molar-refractivity contribution in [3.63, 3.8) is 0 Å². The van der Waals surface area contributed by atoms with Gasteiger partial charge in [0.25, 0.3) is 0 Å². The Morgan fingerprint density at radius 3 is 2.16 bits per heavy atom. The SMILES string of the molecule is COc1c(-c2nc3ccccc3[nH]2)cc(C(C)(C)C)cc1C(C)(C)C. The van der Waals surface area contributed by atoms with Crippen molar-refractivity contribution in [2.75, 3.05) is 7.11 Å². The van der Waals surface area contributed by atoms with Gasteiger partial charge in [-0.15, -0.1) is 0 Å². The Kier molecular flexibility index (Phi) is 4.14. The standard InChI is InChI=1S/C22H28N2O/c1-21(2,3)14-12-15(19(25-7)16(13-14)22(4,5)6)20-23-17-10-8-9-11-18(17)24-20/h8-13H,1-7H3,(H,23,24). The minimum atomic E-state index is -0.0205. The monoisotopic (exact) mass is 336 g/mol. The van der Waals surface area contributed by atoms with Crippen molar-refractivity contribution in [2.24, 2.45) is 0 Å². The highest BCUT2D eigenvalue weighted by Gasteiger charge is 2.27. The molecular formula is C22H28N2O. The normalized spacial score (nSPS) is 12.6. The number of ether oxygens (including phenoxy) is 1. The van der Waals surface area contributed by atoms with Gasteiger partial charge >= 0.3 is 0 Å². The number of para-hydroxylation sites is 2. The van der Waals surface area contributed by atoms with Gasteiger partial charge in [-0.25, -0.2) is 4.98 Å². The molecule has 25 heavy (non-hydrogen) atoms. The van der Waals surface area contributed by atoms with Crippen LogP contribution in [0.3, 0.4) is 0 Å². The van der Waals surface area contributed by atoms with Gasteiger partial charge in [-0.3, -0.25) is 0 Å². The largest absolute Gasteiger partial charge is 0.496 e. The molecule has 0 fully saturated rings. The minimum Gasteiger partial charge on any atom is -0.496 e. The van der Waals surface area contributed by atoms with Gasteiger partial charge in [-0.2, -0.15) is 0 Å². The Labute approximate surface area is 150 Å². The second-order valence-corrected chi connectivity index (χ2v) is 8.71. The third-order valence-electron chi connectivity index (χ3n) is 4.61. The number of hydrogen-bond donors (Lipinski definition) is 1. The first-order valence-electron chi connectivity index (χ1n) is 8.79. The zero-order valence-corrected chi connectivity index (χ0v) is 16.3. The third-order valence-corrected chi connectivity index (χ3v) is 4.61. The number of methoxy groups -OCH3 is 1. The van der Waals surface area contributed by atoms with E-state index in [0.717, 1.165) is 28.2 Å². The Hall–Kier alpha value is -2.29. The molecule has 3 nitrogen and oxygen atoms in total. The van der Waals surface area contributed by atoms with E-state index in [0.29, 0.717) is 0 Å². The lowest BCUT2D eigenvalue weighted by Gasteiger charge is -2.28. The van der Waals surface area contributed by atoms with Crippen molar-refractivity contribution < 1.29 is 4.74 Å². The first-order chi connectivity index (χ1) is 11.6. The van der Waals surface area contributed by atoms with Gasteiger partial charge in [0.05, 0.1) is 23.7 Å². The maximum atomic E-state index is 5.86. The summed E-state index contributed by atoms with van der Waals surface area (Å²) in [5.41, 5.74) is 5.55. The van der Waals surface area contributed by atoms with Crippen LogP contribution in [-0.4, -0.2) is 17.1 Å². The lowest BCUT2D eigenvalue weighted by molar-refractivity contribution is 0.398. The lowest BCUT2D eigenvalue weighted by Crippen LogP contribution is -2.18. The van der Waals surface area contributed by atoms with Crippen molar-refractivity contribution >= 4 is 11.0 Å². The third kappa shape index (κ3) is 3.28. The van der Waals surface area contributed by atoms with Crippen LogP contribution in [0.4, 0.5) is 0 Å². The number of aromatic nitrogens is 2. The summed E-state index contributed by atoms with van der Waals surface area (Å²) in [6.07, 6.45) is 0. The zero-order chi connectivity index (χ0) is 18.4. The Balaban J connectivity index is 2.33. The van der Waals surface area contributed by atoms with Crippen molar-refractivity contribution in [2.45, 2.75) is 52.4 Å². The van der Waals surface area contributed by atoms with E-state index in [9.17, 15) is 0 Å². The molecule has 0 radical (unpaired) electrons. The fourth-order valence-corrected chi connectivity index (χ4v) is 3.10. The number of fused-ring (bicyclic) bond motifs is 1. The maximum absolute atomic E-state index is 5.86. The van der Waals surface area contributed by atoms with Gasteiger partial charge in [0.15, 0.2) is 0 Å². The summed E-state index contributed by atoms with van der Waals surface area (Å²) < 4.78 is 5.86. The second kappa shape index (κ2) is 5.91. The predicted molar refractivity (Wildman–Crippen MR) is 105 cm³/mol. The molecule has 3 aromatic rings. The highest BCUT2D eigenvalue weighted by atomic mass is 16.5. The highest BCUT2D eigenvalue weighted by Crippen LogP contribution is 2.42. The molecule has 0 aliphatic rings. The van der Waals surface area contributed by atoms with Crippen LogP contribution in [0.1, 0.15) is 52.7 Å². The van der Waals surface area contributed by atoms with E-state index in [1.165, 1.54) is 11.1 Å². The van der Waals surface area contributed by atoms with E-state index in [4.69, 9.17) is 9.72 Å². The van der Waals surface area contributed by atoms with Crippen LogP contribution in [0.2, 0.25) is 0 Å². The van der Waals surface area contributed by atoms with Crippen molar-refractivity contribution in [1.29, 1.82) is 0 Å². The van der Waals surface area contributed by atoms with Crippen LogP contribution in [0.15, 0.2) is 36.4 Å². The van der Waals surface area contributed by atoms with E-state index in [1.807, 2.05) is 18.2 Å². The number of hydrogen-bond acceptors (Lipinski definition) is 2. The zero-order valence-electron chi connectivity index (χ0n) is 16.3. The fraction of sp³-hybridized carbons (Fsp3) is 0.409. The first kappa shape index (κ1) is 17.5. The summed E-state index contributed by atoms with van der Waals surface area (Å²) in [5.74, 6) is 1.76. The minimum absolute atomic E-state index is 0.0205. The molecule has 0 aliphatic carbocycles. The quantitative estimate of drug-likeness (QED) is 0.639. The molecule has 0 amide bonds. The van der Waals surface area contributed by atoms with Crippen LogP contribution in [-0.2, 0) is 10.8 Å². The maximum Gasteiger partial charge on any atom is 0.142 e. The molecular weight excluding hydrogens is 308 g/mol. The summed E-state index contributed by atoms with van der Waals surface area (Å²) >= 11 is 0. The highest BCUT2D eigenvalue weighted by molar-refractivity contribution is 5.81. The topological polar surface area (TPSA) is 37.9 Å². The summed E-state index contributed by atoms with van der Waals surface area (Å²) in [5, 5.41) is 0. The number of benzene rings is 2. The number of nitrogens with one attached hydrogen (secondary N) is 1. The van der Waals surface area contributed by atoms with E-state index in [2.05, 4.69) is 64.7 Å². The Morgan fingerprint density at radius 1 is 0.920 bits per heavy atom. The Bertz CT molecular complexity index is 875. The van der Waals surface area contributed by atoms with Crippen molar-refractivity contribution in [1.82, 2.24) is 9.97 Å². The summed E-state index contributed by atoms with van der Waals surface area (Å²) in [4.78, 5) is 8.26. The molecule has 2 aromatic carbocycles. The van der Waals surface area contributed by atoms with Gasteiger partial charge in [0.1, 0.15) is 11.6 Å². The van der Waals surface area contributed by atoms with Crippen LogP contribution in [0, 0.1) is 0 Å². The smallest absolute Gasteiger partial charge is 0.142 e. The molecule has 0 unspecified atom stereocenters. The predicted octanol–water partition coefficient (Wildman–Crippen LogP) is 5.83. The molecule has 0 aliphatic heterocycles. The number of H-pyrrole nitrogens is 1. The van der Waals surface area contributed by atoms with E-state index in [-0.39, 0.29) is 10.8 Å². The van der Waals surface area contributed by atoms with E-state index >= 15 is 0 Å². The molecule has 1 heterocycles. The number of aromatic amines is 1. The van der Waals surface area contributed by atoms with E-state index in [1.54, 1.807) is 7.11 Å². The van der Waals surface area contributed by atoms with Crippen LogP contribution in [0.25, 0.3) is 22.4 Å². The molecule has 0 saturated carbocycles. The van der Waals surface area contributed by atoms with Gasteiger partial charge in [-0.05, 0) is 34.6 Å². The molecule has 1 aromatic heterocycles. The van der Waals surface area contributed by atoms with Crippen molar-refractivity contribution in [3.05, 3.63) is 47.5 Å². The number of nitrogens with zero attached hydrogens (tertiary/aromatic N) is 1. The van der Waals surface area contributed by atoms with Gasteiger partial charge in [0, 0.05) is 5.56 Å². The lowest BCUT2D eigenvalue weighted by atomic mass is 9.79. The van der Waals surface area contributed by atoms with Crippen LogP contribution >= 0.6 is 0 Å². The van der Waals surface area contributed by atoms with Crippen molar-refractivity contribution in [3.8, 4) is 17.1 Å². The van der Waals surface area contributed by atoms with Gasteiger partial charge in [-0.1, -0.05) is 59.7 Å². The fourth-order valence-electron chi connectivity index (χ4n) is 3.10. The molecule has 132 valence electrons. The van der Waals surface area contributed by atoms with Crippen LogP contribution < -0.4 is 4.74 Å². The first-order valence-corrected chi connectivity index (χ1v) is 8.79. The Morgan fingerprint density at radius 2 is 1.60 bits per heavy atom. The summed E-state index contributed by atoms with van der Waals surface area (Å²) in [6.45, 7) is 13.4. The van der Waals surface area contributed by atoms with Gasteiger partial charge < -0.3 is 9.72 Å². The molecule has 0 bridgehead atoms. The second-order valence-electron chi connectivity index (χ2n) is 8.71. The number of imidazole rings is 1. The molecule has 0 atom stereocenters. The summed E-state index contributed by atoms with van der Waals surface area (Å²) in [7, 11) is 1.74. The molecule has 3 heteroatoms. The molecule has 0 saturated heterocycles. The summed E-state index contributed by atoms with van der Waals surface area (Å²) in [6, 6.07) is 12.6. The number of rotatable bonds is 2. The average molecular weight is 336 g/mol. The molecule has 1 N–H and O–H groups in total. The van der Waals surface area contributed by atoms with Gasteiger partial charge in [0.2, 0.25) is 0 Å².